The van der Waals surface area contributed by atoms with Crippen LogP contribution in [0.2, 0.25) is 0 Å². The Hall–Kier alpha value is -10.4. The molecule has 0 saturated carbocycles. The zero-order chi connectivity index (χ0) is 58.0. The summed E-state index contributed by atoms with van der Waals surface area (Å²) in [7, 11) is 0. The number of allylic oxidation sites excluding steroid dienone is 2. The van der Waals surface area contributed by atoms with Gasteiger partial charge in [0.05, 0.1) is 11.3 Å². The molecule has 0 radical (unpaired) electrons. The maximum Gasteiger partial charge on any atom is 0.208 e. The number of fused-ring (bicyclic) bond motifs is 1. The van der Waals surface area contributed by atoms with E-state index < -0.39 is 28.7 Å². The predicted molar refractivity (Wildman–Crippen MR) is 337 cm³/mol. The van der Waals surface area contributed by atoms with Gasteiger partial charge in [-0.15, -0.1) is 0 Å². The van der Waals surface area contributed by atoms with E-state index in [4.69, 9.17) is 0 Å². The number of phenolic OH excluding ortho intramolecular Hbond substituents is 7. The first-order valence-corrected chi connectivity index (χ1v) is 27.2. The van der Waals surface area contributed by atoms with E-state index in [0.717, 1.165) is 68.0 Å². The van der Waals surface area contributed by atoms with Gasteiger partial charge in [0.1, 0.15) is 11.5 Å². The molecule has 0 unspecified atom stereocenters. The predicted octanol–water partition coefficient (Wildman–Crippen LogP) is 19.3. The number of aromatic hydroxyl groups is 7. The van der Waals surface area contributed by atoms with Crippen LogP contribution in [0.1, 0.15) is 42.5 Å². The van der Waals surface area contributed by atoms with E-state index in [1.807, 2.05) is 106 Å². The molecular formula is C73H66N2O7. The van der Waals surface area contributed by atoms with Gasteiger partial charge in [0.25, 0.3) is 0 Å². The summed E-state index contributed by atoms with van der Waals surface area (Å²) in [6.07, 6.45) is 5.34. The van der Waals surface area contributed by atoms with Crippen molar-refractivity contribution < 1.29 is 35.7 Å². The van der Waals surface area contributed by atoms with Crippen molar-refractivity contribution in [2.75, 3.05) is 9.80 Å². The molecule has 7 N–H and O–H groups in total. The van der Waals surface area contributed by atoms with E-state index >= 15 is 0 Å². The van der Waals surface area contributed by atoms with Gasteiger partial charge < -0.3 is 45.5 Å². The van der Waals surface area contributed by atoms with Crippen molar-refractivity contribution in [1.82, 2.24) is 0 Å². The number of hydrogen-bond acceptors (Lipinski definition) is 9. The molecule has 9 heteroatoms. The van der Waals surface area contributed by atoms with Gasteiger partial charge in [-0.2, -0.15) is 0 Å². The number of aryl methyl sites for hydroxylation is 1. The van der Waals surface area contributed by atoms with Crippen LogP contribution in [-0.4, -0.2) is 35.7 Å². The van der Waals surface area contributed by atoms with Gasteiger partial charge >= 0.3 is 0 Å². The first kappa shape index (κ1) is 56.3. The Morgan fingerprint density at radius 1 is 0.317 bits per heavy atom. The van der Waals surface area contributed by atoms with E-state index in [1.54, 1.807) is 19.1 Å². The van der Waals surface area contributed by atoms with Crippen LogP contribution < -0.4 is 9.80 Å². The Morgan fingerprint density at radius 2 is 0.695 bits per heavy atom. The largest absolute Gasteiger partial charge is 0.507 e. The van der Waals surface area contributed by atoms with Crippen molar-refractivity contribution >= 4 is 44.9 Å². The lowest BCUT2D eigenvalue weighted by molar-refractivity contribution is 0.330. The number of hydrogen-bond donors (Lipinski definition) is 7. The zero-order valence-electron chi connectivity index (χ0n) is 46.7. The second kappa shape index (κ2) is 25.2. The Labute approximate surface area is 479 Å². The lowest BCUT2D eigenvalue weighted by Crippen LogP contribution is -2.10. The molecular weight excluding hydrogens is 1020 g/mol. The lowest BCUT2D eigenvalue weighted by Gasteiger charge is -2.27. The molecule has 0 spiro atoms. The molecule has 0 aliphatic rings. The summed E-state index contributed by atoms with van der Waals surface area (Å²) < 4.78 is 0. The molecule has 11 rings (SSSR count). The highest BCUT2D eigenvalue weighted by Gasteiger charge is 2.25. The minimum Gasteiger partial charge on any atom is -0.507 e. The molecule has 0 amide bonds. The average Bonchev–Trinajstić information content (AvgIpc) is 3.59. The van der Waals surface area contributed by atoms with Crippen molar-refractivity contribution in [2.45, 2.75) is 48.0 Å². The highest BCUT2D eigenvalue weighted by Crippen LogP contribution is 2.55. The number of para-hydroxylation sites is 1. The van der Waals surface area contributed by atoms with Crippen LogP contribution >= 0.6 is 0 Å². The van der Waals surface area contributed by atoms with Gasteiger partial charge in [0.2, 0.25) is 17.2 Å². The molecule has 0 heterocycles. The maximum atomic E-state index is 11.1. The van der Waals surface area contributed by atoms with E-state index in [9.17, 15) is 35.7 Å². The normalized spacial score (nSPS) is 10.9. The van der Waals surface area contributed by atoms with Crippen LogP contribution in [-0.2, 0) is 0 Å². The average molecular weight is 1080 g/mol. The molecule has 0 bridgehead atoms. The third-order valence-electron chi connectivity index (χ3n) is 14.7. The molecule has 0 aromatic heterocycles. The van der Waals surface area contributed by atoms with Gasteiger partial charge in [-0.25, -0.2) is 0 Å². The molecule has 0 atom stereocenters. The van der Waals surface area contributed by atoms with Crippen molar-refractivity contribution in [3.8, 4) is 84.8 Å². The Bertz CT molecular complexity index is 3930. The van der Waals surface area contributed by atoms with Gasteiger partial charge in [-0.3, -0.25) is 0 Å². The van der Waals surface area contributed by atoms with Gasteiger partial charge in [-0.1, -0.05) is 182 Å². The minimum absolute atomic E-state index is 0.167. The second-order valence-corrected chi connectivity index (χ2v) is 20.0. The van der Waals surface area contributed by atoms with Crippen molar-refractivity contribution in [2.24, 2.45) is 0 Å². The monoisotopic (exact) mass is 1080 g/mol. The summed E-state index contributed by atoms with van der Waals surface area (Å²) in [4.78, 5) is 4.28. The van der Waals surface area contributed by atoms with E-state index in [1.165, 1.54) is 16.7 Å². The first-order chi connectivity index (χ1) is 39.7. The molecule has 0 fully saturated rings. The number of benzene rings is 11. The highest BCUT2D eigenvalue weighted by atomic mass is 16.4. The number of nitrogens with zero attached hydrogens (tertiary/aromatic N) is 2. The number of rotatable bonds is 11. The zero-order valence-corrected chi connectivity index (χ0v) is 46.7. The smallest absolute Gasteiger partial charge is 0.208 e. The molecule has 82 heavy (non-hydrogen) atoms. The lowest BCUT2D eigenvalue weighted by atomic mass is 9.92. The second-order valence-electron chi connectivity index (χ2n) is 20.0. The molecule has 410 valence electrons. The van der Waals surface area contributed by atoms with Crippen molar-refractivity contribution in [3.63, 3.8) is 0 Å². The van der Waals surface area contributed by atoms with Gasteiger partial charge in [-0.05, 0) is 158 Å². The Balaban J connectivity index is 0.000000383. The molecule has 0 aliphatic carbocycles. The van der Waals surface area contributed by atoms with Crippen LogP contribution in [0.3, 0.4) is 0 Å². The quantitative estimate of drug-likeness (QED) is 0.0382. The summed E-state index contributed by atoms with van der Waals surface area (Å²) in [6.45, 7) is 11.7. The SMILES string of the molecule is C/C=C\CC.Cc1c(C)c(O)c(-c2ccc(N(c3ccccc3)c3ccc(-c4ccc(N(c5ccc(-c6c(O)c(O)c(O)c(O)c6O)cc5)c5cccc6ccccc56)cc4)cc3)cc2)c(C)c1O.Cc1ccc(-c2ccccc2)cc1. The molecule has 11 aromatic carbocycles. The van der Waals surface area contributed by atoms with Crippen molar-refractivity contribution in [1.29, 1.82) is 0 Å². The Kier molecular flexibility index (Phi) is 17.3. The third kappa shape index (κ3) is 11.8. The molecule has 0 aliphatic heterocycles. The number of anilines is 6. The van der Waals surface area contributed by atoms with Crippen LogP contribution in [0.25, 0.3) is 55.3 Å². The molecule has 9 nitrogen and oxygen atoms in total. The Morgan fingerprint density at radius 3 is 1.18 bits per heavy atom. The van der Waals surface area contributed by atoms with Crippen LogP contribution in [0.15, 0.2) is 237 Å². The fraction of sp³-hybridized carbons (Fsp3) is 0.0959. The molecule has 11 aromatic rings. The minimum atomic E-state index is -1.01. The summed E-state index contributed by atoms with van der Waals surface area (Å²) in [6, 6.07) is 74.9. The van der Waals surface area contributed by atoms with E-state index in [2.05, 4.69) is 163 Å². The van der Waals surface area contributed by atoms with Crippen LogP contribution in [0, 0.1) is 27.7 Å². The fourth-order valence-electron chi connectivity index (χ4n) is 10.1. The summed E-state index contributed by atoms with van der Waals surface area (Å²) in [5, 5.41) is 75.6. The summed E-state index contributed by atoms with van der Waals surface area (Å²) >= 11 is 0. The summed E-state index contributed by atoms with van der Waals surface area (Å²) in [5.41, 5.74) is 14.7. The van der Waals surface area contributed by atoms with Crippen molar-refractivity contribution in [3.05, 3.63) is 259 Å². The third-order valence-corrected chi connectivity index (χ3v) is 14.7. The topological polar surface area (TPSA) is 148 Å². The number of phenols is 7. The summed E-state index contributed by atoms with van der Waals surface area (Å²) in [5.74, 6) is -4.05. The maximum absolute atomic E-state index is 11.1. The first-order valence-electron chi connectivity index (χ1n) is 27.2. The fourth-order valence-corrected chi connectivity index (χ4v) is 10.1. The van der Waals surface area contributed by atoms with Crippen LogP contribution in [0.5, 0.6) is 40.2 Å². The van der Waals surface area contributed by atoms with E-state index in [0.29, 0.717) is 27.8 Å². The van der Waals surface area contributed by atoms with Gasteiger partial charge in [0, 0.05) is 45.0 Å². The highest BCUT2D eigenvalue weighted by molar-refractivity contribution is 5.99. The molecule has 0 saturated heterocycles. The van der Waals surface area contributed by atoms with Gasteiger partial charge in [0.15, 0.2) is 11.5 Å². The van der Waals surface area contributed by atoms with E-state index in [-0.39, 0.29) is 17.1 Å². The van der Waals surface area contributed by atoms with Crippen LogP contribution in [0.4, 0.5) is 34.1 Å². The standard InChI is InChI=1S/C55H44N2O7.C13H12.C5H10/c1-32-33(2)50(59)47(34(3)49(32)58)38-20-28-42(29-21-38)56(40-12-5-4-6-13-40)41-24-16-35(17-25-41)36-18-26-43(27-19-36)57(46-15-9-11-37-10-7-8-14-45(37)46)44-30-22-39(23-31-44)48-51(60)53(62)55(64)54(63)52(48)61;1-11-7-9-13(10-8-11)12-5-3-2-4-6-12;1-3-5-4-2/h4-31,58-64H,1-3H3;2-10H,1H3;3,5H,4H2,1-2H3/b;;5-3-.